The summed E-state index contributed by atoms with van der Waals surface area (Å²) in [6.45, 7) is -0.0163. The van der Waals surface area contributed by atoms with Crippen LogP contribution in [0.25, 0.3) is 0 Å². The third-order valence-electron chi connectivity index (χ3n) is 3.21. The Labute approximate surface area is 117 Å². The van der Waals surface area contributed by atoms with Gasteiger partial charge in [0.05, 0.1) is 17.4 Å². The molecule has 1 aliphatic rings. The van der Waals surface area contributed by atoms with Gasteiger partial charge in [-0.3, -0.25) is 0 Å². The molecule has 1 heterocycles. The molecule has 1 unspecified atom stereocenters. The standard InChI is InChI=1S/C13H13F4NO3/c14-12-9(13(15,16)17)2-1-3-10(12)18-5-4-8(6-18)21-7-11(19)20/h1-3,8H,4-7H2,(H,19,20). The molecular formula is C13H13F4NO3. The van der Waals surface area contributed by atoms with Gasteiger partial charge in [0.2, 0.25) is 0 Å². The molecule has 1 aromatic carbocycles. The first-order valence-corrected chi connectivity index (χ1v) is 6.23. The first kappa shape index (κ1) is 15.6. The van der Waals surface area contributed by atoms with Gasteiger partial charge in [-0.05, 0) is 18.6 Å². The fraction of sp³-hybridized carbons (Fsp3) is 0.462. The van der Waals surface area contributed by atoms with Crippen LogP contribution in [0.5, 0.6) is 0 Å². The van der Waals surface area contributed by atoms with E-state index in [2.05, 4.69) is 0 Å². The molecule has 1 saturated heterocycles. The summed E-state index contributed by atoms with van der Waals surface area (Å²) in [5.74, 6) is -2.44. The van der Waals surface area contributed by atoms with Crippen molar-refractivity contribution in [3.05, 3.63) is 29.6 Å². The minimum absolute atomic E-state index is 0.147. The number of alkyl halides is 3. The fourth-order valence-electron chi connectivity index (χ4n) is 2.26. The van der Waals surface area contributed by atoms with Crippen LogP contribution in [0, 0.1) is 5.82 Å². The highest BCUT2D eigenvalue weighted by molar-refractivity contribution is 5.68. The Balaban J connectivity index is 2.12. The fourth-order valence-corrected chi connectivity index (χ4v) is 2.26. The number of rotatable bonds is 4. The Bertz CT molecular complexity index is 533. The van der Waals surface area contributed by atoms with E-state index in [4.69, 9.17) is 9.84 Å². The molecule has 1 fully saturated rings. The lowest BCUT2D eigenvalue weighted by molar-refractivity contribution is -0.144. The summed E-state index contributed by atoms with van der Waals surface area (Å²) in [6, 6.07) is 3.10. The van der Waals surface area contributed by atoms with Gasteiger partial charge in [-0.1, -0.05) is 6.07 Å². The number of carboxylic acid groups (broad SMARTS) is 1. The van der Waals surface area contributed by atoms with Crippen LogP contribution in [0.15, 0.2) is 18.2 Å². The SMILES string of the molecule is O=C(O)COC1CCN(c2cccc(C(F)(F)F)c2F)C1. The lowest BCUT2D eigenvalue weighted by Crippen LogP contribution is -2.26. The van der Waals surface area contributed by atoms with Crippen LogP contribution >= 0.6 is 0 Å². The number of benzene rings is 1. The van der Waals surface area contributed by atoms with Crippen molar-refractivity contribution in [3.8, 4) is 0 Å². The van der Waals surface area contributed by atoms with E-state index in [1.165, 1.54) is 11.0 Å². The number of ether oxygens (including phenoxy) is 1. The largest absolute Gasteiger partial charge is 0.480 e. The number of nitrogens with zero attached hydrogens (tertiary/aromatic N) is 1. The number of aliphatic carboxylic acids is 1. The quantitative estimate of drug-likeness (QED) is 0.869. The summed E-state index contributed by atoms with van der Waals surface area (Å²) in [5, 5.41) is 8.50. The van der Waals surface area contributed by atoms with Gasteiger partial charge in [0.15, 0.2) is 5.82 Å². The molecule has 0 saturated carbocycles. The maximum absolute atomic E-state index is 14.0. The predicted molar refractivity (Wildman–Crippen MR) is 65.6 cm³/mol. The molecule has 0 spiro atoms. The molecule has 1 aromatic rings. The van der Waals surface area contributed by atoms with Gasteiger partial charge in [-0.2, -0.15) is 13.2 Å². The maximum Gasteiger partial charge on any atom is 0.419 e. The van der Waals surface area contributed by atoms with Crippen molar-refractivity contribution in [1.82, 2.24) is 0 Å². The number of hydrogen-bond acceptors (Lipinski definition) is 3. The van der Waals surface area contributed by atoms with E-state index in [1.54, 1.807) is 0 Å². The minimum Gasteiger partial charge on any atom is -0.480 e. The molecule has 0 bridgehead atoms. The summed E-state index contributed by atoms with van der Waals surface area (Å²) < 4.78 is 57.0. The molecule has 21 heavy (non-hydrogen) atoms. The van der Waals surface area contributed by atoms with E-state index < -0.39 is 36.2 Å². The first-order chi connectivity index (χ1) is 9.79. The number of carbonyl (C=O) groups is 1. The molecule has 116 valence electrons. The van der Waals surface area contributed by atoms with Gasteiger partial charge >= 0.3 is 12.1 Å². The van der Waals surface area contributed by atoms with Gasteiger partial charge in [-0.25, -0.2) is 9.18 Å². The topological polar surface area (TPSA) is 49.8 Å². The molecule has 4 nitrogen and oxygen atoms in total. The average molecular weight is 307 g/mol. The molecule has 1 aliphatic heterocycles. The van der Waals surface area contributed by atoms with Crippen molar-refractivity contribution in [2.75, 3.05) is 24.6 Å². The number of carboxylic acids is 1. The third-order valence-corrected chi connectivity index (χ3v) is 3.21. The number of anilines is 1. The first-order valence-electron chi connectivity index (χ1n) is 6.23. The van der Waals surface area contributed by atoms with Crippen molar-refractivity contribution in [2.45, 2.75) is 18.7 Å². The van der Waals surface area contributed by atoms with E-state index in [9.17, 15) is 22.4 Å². The van der Waals surface area contributed by atoms with E-state index in [1.807, 2.05) is 0 Å². The molecule has 0 radical (unpaired) electrons. The van der Waals surface area contributed by atoms with Crippen molar-refractivity contribution in [2.24, 2.45) is 0 Å². The summed E-state index contributed by atoms with van der Waals surface area (Å²) in [6.07, 6.45) is -4.75. The number of halogens is 4. The van der Waals surface area contributed by atoms with Crippen molar-refractivity contribution < 1.29 is 32.2 Å². The van der Waals surface area contributed by atoms with Crippen LogP contribution in [0.4, 0.5) is 23.2 Å². The Morgan fingerprint density at radius 3 is 2.76 bits per heavy atom. The van der Waals surface area contributed by atoms with Crippen LogP contribution in [0.3, 0.4) is 0 Å². The minimum atomic E-state index is -4.75. The lowest BCUT2D eigenvalue weighted by Gasteiger charge is -2.21. The lowest BCUT2D eigenvalue weighted by atomic mass is 10.1. The second-order valence-electron chi connectivity index (χ2n) is 4.70. The Morgan fingerprint density at radius 1 is 1.43 bits per heavy atom. The third kappa shape index (κ3) is 3.63. The molecule has 0 aliphatic carbocycles. The monoisotopic (exact) mass is 307 g/mol. The van der Waals surface area contributed by atoms with Crippen LogP contribution in [-0.4, -0.2) is 36.9 Å². The van der Waals surface area contributed by atoms with Crippen LogP contribution < -0.4 is 4.90 Å². The highest BCUT2D eigenvalue weighted by Crippen LogP contribution is 2.36. The molecule has 0 amide bonds. The van der Waals surface area contributed by atoms with Gasteiger partial charge in [0, 0.05) is 13.1 Å². The van der Waals surface area contributed by atoms with Crippen molar-refractivity contribution in [3.63, 3.8) is 0 Å². The Kier molecular flexibility index (Phi) is 4.36. The average Bonchev–Trinajstić information content (AvgIpc) is 2.83. The summed E-state index contributed by atoms with van der Waals surface area (Å²) in [5.41, 5.74) is -1.46. The highest BCUT2D eigenvalue weighted by atomic mass is 19.4. The van der Waals surface area contributed by atoms with Crippen LogP contribution in [-0.2, 0) is 15.7 Å². The zero-order valence-electron chi connectivity index (χ0n) is 10.9. The molecule has 2 rings (SSSR count). The predicted octanol–water partition coefficient (Wildman–Crippen LogP) is 2.52. The zero-order chi connectivity index (χ0) is 15.6. The Morgan fingerprint density at radius 2 is 2.14 bits per heavy atom. The zero-order valence-corrected chi connectivity index (χ0v) is 10.9. The van der Waals surface area contributed by atoms with Gasteiger partial charge in [0.1, 0.15) is 6.61 Å². The molecule has 0 aromatic heterocycles. The number of hydrogen-bond donors (Lipinski definition) is 1. The summed E-state index contributed by atoms with van der Waals surface area (Å²) in [4.78, 5) is 11.8. The highest BCUT2D eigenvalue weighted by Gasteiger charge is 2.36. The second kappa shape index (κ2) is 5.88. The Hall–Kier alpha value is -1.83. The van der Waals surface area contributed by atoms with E-state index in [0.29, 0.717) is 19.0 Å². The van der Waals surface area contributed by atoms with E-state index >= 15 is 0 Å². The summed E-state index contributed by atoms with van der Waals surface area (Å²) >= 11 is 0. The van der Waals surface area contributed by atoms with Gasteiger partial charge in [-0.15, -0.1) is 0 Å². The van der Waals surface area contributed by atoms with Crippen LogP contribution in [0.2, 0.25) is 0 Å². The molecular weight excluding hydrogens is 294 g/mol. The molecule has 8 heteroatoms. The second-order valence-corrected chi connectivity index (χ2v) is 4.70. The van der Waals surface area contributed by atoms with Gasteiger partial charge in [0.25, 0.3) is 0 Å². The normalized spacial score (nSPS) is 19.0. The van der Waals surface area contributed by atoms with Crippen LogP contribution in [0.1, 0.15) is 12.0 Å². The van der Waals surface area contributed by atoms with Crippen molar-refractivity contribution in [1.29, 1.82) is 0 Å². The summed E-state index contributed by atoms with van der Waals surface area (Å²) in [7, 11) is 0. The smallest absolute Gasteiger partial charge is 0.419 e. The van der Waals surface area contributed by atoms with E-state index in [0.717, 1.165) is 6.07 Å². The maximum atomic E-state index is 14.0. The molecule has 1 atom stereocenters. The van der Waals surface area contributed by atoms with Gasteiger partial charge < -0.3 is 14.7 Å². The molecule has 1 N–H and O–H groups in total. The van der Waals surface area contributed by atoms with E-state index in [-0.39, 0.29) is 12.2 Å². The van der Waals surface area contributed by atoms with Crippen molar-refractivity contribution >= 4 is 11.7 Å².